The van der Waals surface area contributed by atoms with Crippen LogP contribution in [-0.2, 0) is 15.4 Å². The van der Waals surface area contributed by atoms with E-state index in [1.165, 1.54) is 6.07 Å². The van der Waals surface area contributed by atoms with Crippen LogP contribution in [0.5, 0.6) is 0 Å². The first-order chi connectivity index (χ1) is 8.51. The van der Waals surface area contributed by atoms with Crippen molar-refractivity contribution in [1.82, 2.24) is 0 Å². The summed E-state index contributed by atoms with van der Waals surface area (Å²) >= 11 is 10.1. The van der Waals surface area contributed by atoms with E-state index in [0.717, 1.165) is 16.9 Å². The fourth-order valence-electron chi connectivity index (χ4n) is 1.37. The highest BCUT2D eigenvalue weighted by Gasteiger charge is 2.16. The SMILES string of the molecule is O=S(=O)(Nc1cccc(CBr)c1)c1ccc(Cl)s1. The van der Waals surface area contributed by atoms with Crippen LogP contribution in [0.15, 0.2) is 40.6 Å². The van der Waals surface area contributed by atoms with Crippen molar-refractivity contribution < 1.29 is 8.42 Å². The molecule has 0 fully saturated rings. The van der Waals surface area contributed by atoms with Crippen LogP contribution in [0.2, 0.25) is 4.34 Å². The van der Waals surface area contributed by atoms with Crippen LogP contribution < -0.4 is 4.72 Å². The quantitative estimate of drug-likeness (QED) is 0.828. The number of alkyl halides is 1. The number of hydrogen-bond donors (Lipinski definition) is 1. The summed E-state index contributed by atoms with van der Waals surface area (Å²) in [5.74, 6) is 0. The van der Waals surface area contributed by atoms with Crippen molar-refractivity contribution in [2.45, 2.75) is 9.54 Å². The summed E-state index contributed by atoms with van der Waals surface area (Å²) in [4.78, 5) is 0. The van der Waals surface area contributed by atoms with Crippen LogP contribution in [-0.4, -0.2) is 8.42 Å². The third kappa shape index (κ3) is 3.26. The molecule has 3 nitrogen and oxygen atoms in total. The molecule has 0 saturated heterocycles. The van der Waals surface area contributed by atoms with Gasteiger partial charge in [-0.05, 0) is 29.8 Å². The van der Waals surface area contributed by atoms with E-state index < -0.39 is 10.0 Å². The molecule has 2 aromatic rings. The first-order valence-electron chi connectivity index (χ1n) is 4.94. The zero-order valence-corrected chi connectivity index (χ0v) is 13.0. The minimum atomic E-state index is -3.55. The molecule has 0 aliphatic rings. The Morgan fingerprint density at radius 3 is 2.67 bits per heavy atom. The van der Waals surface area contributed by atoms with Gasteiger partial charge in [0, 0.05) is 11.0 Å². The summed E-state index contributed by atoms with van der Waals surface area (Å²) in [7, 11) is -3.55. The van der Waals surface area contributed by atoms with Gasteiger partial charge < -0.3 is 0 Å². The van der Waals surface area contributed by atoms with E-state index in [0.29, 0.717) is 15.4 Å². The maximum Gasteiger partial charge on any atom is 0.271 e. The maximum atomic E-state index is 12.0. The van der Waals surface area contributed by atoms with Gasteiger partial charge in [-0.1, -0.05) is 39.7 Å². The molecule has 0 saturated carbocycles. The van der Waals surface area contributed by atoms with E-state index in [4.69, 9.17) is 11.6 Å². The van der Waals surface area contributed by atoms with E-state index in [9.17, 15) is 8.42 Å². The highest BCUT2D eigenvalue weighted by Crippen LogP contribution is 2.27. The Morgan fingerprint density at radius 2 is 2.06 bits per heavy atom. The average molecular weight is 367 g/mol. The molecular formula is C11H9BrClNO2S2. The largest absolute Gasteiger partial charge is 0.279 e. The van der Waals surface area contributed by atoms with Gasteiger partial charge in [-0.15, -0.1) is 11.3 Å². The number of benzene rings is 1. The molecule has 2 rings (SSSR count). The van der Waals surface area contributed by atoms with Gasteiger partial charge >= 0.3 is 0 Å². The standard InChI is InChI=1S/C11H9BrClNO2S2/c12-7-8-2-1-3-9(6-8)14-18(15,16)11-5-4-10(13)17-11/h1-6,14H,7H2. The van der Waals surface area contributed by atoms with Gasteiger partial charge in [0.2, 0.25) is 0 Å². The third-order valence-corrected chi connectivity index (χ3v) is 5.90. The van der Waals surface area contributed by atoms with Crippen LogP contribution in [0.3, 0.4) is 0 Å². The Bertz CT molecular complexity index is 655. The molecule has 0 unspecified atom stereocenters. The second-order valence-corrected chi connectivity index (χ2v) is 7.68. The van der Waals surface area contributed by atoms with Crippen LogP contribution in [0.4, 0.5) is 5.69 Å². The number of sulfonamides is 1. The highest BCUT2D eigenvalue weighted by atomic mass is 79.9. The van der Waals surface area contributed by atoms with Gasteiger partial charge in [0.1, 0.15) is 4.21 Å². The molecular weight excluding hydrogens is 358 g/mol. The van der Waals surface area contributed by atoms with Crippen LogP contribution in [0.25, 0.3) is 0 Å². The first-order valence-corrected chi connectivity index (χ1v) is 8.74. The number of rotatable bonds is 4. The number of anilines is 1. The lowest BCUT2D eigenvalue weighted by Crippen LogP contribution is -2.11. The molecule has 0 aliphatic carbocycles. The lowest BCUT2D eigenvalue weighted by Gasteiger charge is -2.07. The van der Waals surface area contributed by atoms with Crippen molar-refractivity contribution in [3.63, 3.8) is 0 Å². The fraction of sp³-hybridized carbons (Fsp3) is 0.0909. The van der Waals surface area contributed by atoms with Crippen molar-refractivity contribution >= 4 is 54.6 Å². The summed E-state index contributed by atoms with van der Waals surface area (Å²) in [6.07, 6.45) is 0. The minimum absolute atomic E-state index is 0.205. The summed E-state index contributed by atoms with van der Waals surface area (Å²) in [6.45, 7) is 0. The predicted molar refractivity (Wildman–Crippen MR) is 79.2 cm³/mol. The van der Waals surface area contributed by atoms with Gasteiger partial charge in [-0.3, -0.25) is 4.72 Å². The lowest BCUT2D eigenvalue weighted by molar-refractivity contribution is 0.603. The Morgan fingerprint density at radius 1 is 1.28 bits per heavy atom. The fourth-order valence-corrected chi connectivity index (χ4v) is 4.25. The molecule has 0 spiro atoms. The normalized spacial score (nSPS) is 11.4. The lowest BCUT2D eigenvalue weighted by atomic mass is 10.2. The van der Waals surface area contributed by atoms with Crippen molar-refractivity contribution in [1.29, 1.82) is 0 Å². The molecule has 18 heavy (non-hydrogen) atoms. The van der Waals surface area contributed by atoms with E-state index >= 15 is 0 Å². The number of nitrogens with one attached hydrogen (secondary N) is 1. The third-order valence-electron chi connectivity index (χ3n) is 2.15. The Hall–Kier alpha value is -0.560. The summed E-state index contributed by atoms with van der Waals surface area (Å²) in [5, 5.41) is 0.674. The van der Waals surface area contributed by atoms with E-state index in [-0.39, 0.29) is 4.21 Å². The minimum Gasteiger partial charge on any atom is -0.279 e. The van der Waals surface area contributed by atoms with Gasteiger partial charge in [-0.2, -0.15) is 0 Å². The second kappa shape index (κ2) is 5.61. The number of thiophene rings is 1. The van der Waals surface area contributed by atoms with E-state index in [1.807, 2.05) is 6.07 Å². The van der Waals surface area contributed by atoms with Gasteiger partial charge in [0.15, 0.2) is 0 Å². The predicted octanol–water partition coefficient (Wildman–Crippen LogP) is 4.10. The molecule has 0 radical (unpaired) electrons. The molecule has 96 valence electrons. The molecule has 1 aromatic carbocycles. The number of hydrogen-bond acceptors (Lipinski definition) is 3. The van der Waals surface area contributed by atoms with Crippen LogP contribution in [0.1, 0.15) is 5.56 Å². The van der Waals surface area contributed by atoms with Crippen molar-refractivity contribution in [2.75, 3.05) is 4.72 Å². The molecule has 0 amide bonds. The van der Waals surface area contributed by atoms with Gasteiger partial charge in [-0.25, -0.2) is 8.42 Å². The average Bonchev–Trinajstić information content (AvgIpc) is 2.76. The first kappa shape index (κ1) is 13.9. The second-order valence-electron chi connectivity index (χ2n) is 3.50. The Labute approximate surface area is 123 Å². The van der Waals surface area contributed by atoms with Gasteiger partial charge in [0.25, 0.3) is 10.0 Å². The zero-order chi connectivity index (χ0) is 13.2. The van der Waals surface area contributed by atoms with Crippen molar-refractivity contribution in [2.24, 2.45) is 0 Å². The van der Waals surface area contributed by atoms with Crippen molar-refractivity contribution in [3.05, 3.63) is 46.3 Å². The molecule has 1 aromatic heterocycles. The monoisotopic (exact) mass is 365 g/mol. The summed E-state index contributed by atoms with van der Waals surface area (Å²) < 4.78 is 27.3. The molecule has 1 N–H and O–H groups in total. The smallest absolute Gasteiger partial charge is 0.271 e. The summed E-state index contributed by atoms with van der Waals surface area (Å²) in [5.41, 5.74) is 1.54. The van der Waals surface area contributed by atoms with Crippen LogP contribution >= 0.6 is 38.9 Å². The molecule has 1 heterocycles. The Balaban J connectivity index is 2.27. The number of halogens is 2. The maximum absolute atomic E-state index is 12.0. The molecule has 0 bridgehead atoms. The van der Waals surface area contributed by atoms with Crippen molar-refractivity contribution in [3.8, 4) is 0 Å². The van der Waals surface area contributed by atoms with Gasteiger partial charge in [0.05, 0.1) is 4.34 Å². The Kier molecular flexibility index (Phi) is 4.32. The molecule has 7 heteroatoms. The van der Waals surface area contributed by atoms with E-state index in [1.54, 1.807) is 24.3 Å². The zero-order valence-electron chi connectivity index (χ0n) is 9.06. The topological polar surface area (TPSA) is 46.2 Å². The summed E-state index contributed by atoms with van der Waals surface area (Å²) in [6, 6.07) is 10.3. The molecule has 0 aliphatic heterocycles. The van der Waals surface area contributed by atoms with E-state index in [2.05, 4.69) is 20.7 Å². The van der Waals surface area contributed by atoms with Crippen LogP contribution in [0, 0.1) is 0 Å². The molecule has 0 atom stereocenters. The highest BCUT2D eigenvalue weighted by molar-refractivity contribution is 9.08.